The smallest absolute Gasteiger partial charge is 0.0620 e. The van der Waals surface area contributed by atoms with E-state index in [1.54, 1.807) is 0 Å². The van der Waals surface area contributed by atoms with Crippen LogP contribution < -0.4 is 4.90 Å². The highest BCUT2D eigenvalue weighted by atomic mass is 15.1. The first-order valence-electron chi connectivity index (χ1n) is 40.6. The van der Waals surface area contributed by atoms with Gasteiger partial charge in [-0.15, -0.1) is 0 Å². The first-order valence-corrected chi connectivity index (χ1v) is 40.6. The quantitative estimate of drug-likeness (QED) is 0.154. The number of anilines is 3. The number of aromatic nitrogens is 1. The Hall–Kier alpha value is -11.6. The van der Waals surface area contributed by atoms with Gasteiger partial charge in [-0.05, 0) is 292 Å². The summed E-state index contributed by atoms with van der Waals surface area (Å²) < 4.78 is 2.73. The molecule has 112 heavy (non-hydrogen) atoms. The fourth-order valence-corrected chi connectivity index (χ4v) is 20.6. The Bertz CT molecular complexity index is 6860. The summed E-state index contributed by atoms with van der Waals surface area (Å²) >= 11 is 0. The average molecular weight is 1450 g/mol. The van der Waals surface area contributed by atoms with Crippen LogP contribution in [-0.2, 0) is 32.5 Å². The molecular formula is C110H98N2. The number of hydrogen-bond donors (Lipinski definition) is 0. The van der Waals surface area contributed by atoms with Gasteiger partial charge >= 0.3 is 0 Å². The molecule has 6 aliphatic rings. The molecule has 0 N–H and O–H groups in total. The van der Waals surface area contributed by atoms with Crippen molar-refractivity contribution >= 4 is 60.4 Å². The molecule has 1 aliphatic heterocycles. The molecular weight excluding hydrogens is 1350 g/mol. The van der Waals surface area contributed by atoms with Gasteiger partial charge < -0.3 is 9.47 Å². The summed E-state index contributed by atoms with van der Waals surface area (Å²) in [5, 5.41) is 9.68. The number of hydrogen-bond acceptors (Lipinski definition) is 1. The third-order valence-electron chi connectivity index (χ3n) is 26.9. The van der Waals surface area contributed by atoms with Crippen LogP contribution in [0, 0.1) is 38.1 Å². The molecule has 0 saturated carbocycles. The van der Waals surface area contributed by atoms with Crippen molar-refractivity contribution in [2.75, 3.05) is 4.90 Å². The van der Waals surface area contributed by atoms with E-state index in [1.165, 1.54) is 199 Å². The summed E-state index contributed by atoms with van der Waals surface area (Å²) in [6.45, 7) is 42.9. The zero-order valence-electron chi connectivity index (χ0n) is 68.3. The van der Waals surface area contributed by atoms with Crippen LogP contribution in [0.25, 0.3) is 127 Å². The van der Waals surface area contributed by atoms with Gasteiger partial charge in [0.1, 0.15) is 0 Å². The van der Waals surface area contributed by atoms with Crippen LogP contribution in [0.3, 0.4) is 0 Å². The molecule has 0 spiro atoms. The van der Waals surface area contributed by atoms with Crippen molar-refractivity contribution in [3.63, 3.8) is 0 Å². The van der Waals surface area contributed by atoms with Crippen LogP contribution in [0.2, 0.25) is 0 Å². The van der Waals surface area contributed by atoms with Crippen molar-refractivity contribution in [1.82, 2.24) is 4.57 Å². The monoisotopic (exact) mass is 1450 g/mol. The maximum absolute atomic E-state index is 2.73. The maximum atomic E-state index is 2.73. The summed E-state index contributed by atoms with van der Waals surface area (Å²) in [5.41, 5.74) is 41.8. The summed E-state index contributed by atoms with van der Waals surface area (Å²) in [7, 11) is 0. The third kappa shape index (κ3) is 10.2. The molecule has 0 aromatic heterocycles. The lowest BCUT2D eigenvalue weighted by Gasteiger charge is -2.31. The zero-order chi connectivity index (χ0) is 77.5. The second kappa shape index (κ2) is 24.0. The molecule has 20 rings (SSSR count). The summed E-state index contributed by atoms with van der Waals surface area (Å²) in [5.74, 6) is 0. The van der Waals surface area contributed by atoms with Gasteiger partial charge in [0.15, 0.2) is 0 Å². The van der Waals surface area contributed by atoms with Crippen LogP contribution in [-0.4, -0.2) is 4.57 Å². The van der Waals surface area contributed by atoms with Gasteiger partial charge in [-0.1, -0.05) is 277 Å². The molecule has 1 heterocycles. The van der Waals surface area contributed by atoms with Gasteiger partial charge in [-0.3, -0.25) is 0 Å². The Balaban J connectivity index is 0.885. The molecule has 0 fully saturated rings. The molecule has 5 aliphatic carbocycles. The minimum atomic E-state index is -0.392. The van der Waals surface area contributed by atoms with Crippen molar-refractivity contribution in [3.05, 3.63) is 355 Å². The molecule has 2 heteroatoms. The van der Waals surface area contributed by atoms with E-state index < -0.39 is 5.41 Å². The fourth-order valence-electron chi connectivity index (χ4n) is 20.6. The first kappa shape index (κ1) is 69.6. The Morgan fingerprint density at radius 3 is 1.18 bits per heavy atom. The van der Waals surface area contributed by atoms with Gasteiger partial charge in [0.05, 0.1) is 22.4 Å². The standard InChI is InChI=1S/C110H98N2/c1-63-27-39-73(40-28-63)111(74-41-29-64(2)30-42-74)104-89-58-72(105(5,6)7)38-48-82(89)103-90-59-84-85(61-100-86(60-87(84)94(62-91(90)104)106(8,9)10)81-46-36-70(56-98(81)110(100,17)18)68-34-44-78-76-24-20-22-26-93(76)108(13,14)96(78)54-68)88-52-66(4)32-50-102(88)112(103)101-49-31-65(3)51-83(101)71-37-47-80-79-45-35-69(55-97(79)109(15,16)99(80)57-71)67-33-43-77-75-23-19-21-25-92(75)107(11,12)95(77)53-67/h19-62H,1-18H3. The highest BCUT2D eigenvalue weighted by Crippen LogP contribution is 2.58. The molecule has 14 aromatic rings. The number of aryl methyl sites for hydroxylation is 4. The molecule has 0 unspecified atom stereocenters. The number of fused-ring (bicyclic) bond motifs is 16. The maximum Gasteiger partial charge on any atom is 0.0620 e. The minimum absolute atomic E-state index is 0.0905. The topological polar surface area (TPSA) is 8.17 Å². The van der Waals surface area contributed by atoms with Crippen molar-refractivity contribution < 1.29 is 0 Å². The van der Waals surface area contributed by atoms with Gasteiger partial charge in [-0.2, -0.15) is 0 Å². The average Bonchev–Trinajstić information content (AvgIpc) is 1.61. The molecule has 2 bridgehead atoms. The second-order valence-corrected chi connectivity index (χ2v) is 37.6. The molecule has 14 aromatic carbocycles. The summed E-state index contributed by atoms with van der Waals surface area (Å²) in [4.78, 5) is 2.59. The van der Waals surface area contributed by atoms with Crippen molar-refractivity contribution in [1.29, 1.82) is 0 Å². The van der Waals surface area contributed by atoms with E-state index in [4.69, 9.17) is 0 Å². The lowest BCUT2D eigenvalue weighted by Crippen LogP contribution is -2.15. The largest absolute Gasteiger partial charge is 0.309 e. The molecule has 0 atom stereocenters. The second-order valence-electron chi connectivity index (χ2n) is 37.6. The van der Waals surface area contributed by atoms with Gasteiger partial charge in [0.25, 0.3) is 0 Å². The Kier molecular flexibility index (Phi) is 14.9. The van der Waals surface area contributed by atoms with Crippen LogP contribution >= 0.6 is 0 Å². The van der Waals surface area contributed by atoms with Crippen LogP contribution in [0.5, 0.6) is 0 Å². The third-order valence-corrected chi connectivity index (χ3v) is 26.9. The van der Waals surface area contributed by atoms with Gasteiger partial charge in [0.2, 0.25) is 0 Å². The van der Waals surface area contributed by atoms with E-state index in [1.807, 2.05) is 0 Å². The van der Waals surface area contributed by atoms with Crippen LogP contribution in [0.1, 0.15) is 175 Å². The summed E-state index contributed by atoms with van der Waals surface area (Å²) in [6, 6.07) is 106. The Morgan fingerprint density at radius 1 is 0.268 bits per heavy atom. The zero-order valence-corrected chi connectivity index (χ0v) is 68.3. The Morgan fingerprint density at radius 2 is 0.679 bits per heavy atom. The predicted molar refractivity (Wildman–Crippen MR) is 478 cm³/mol. The summed E-state index contributed by atoms with van der Waals surface area (Å²) in [6.07, 6.45) is 0. The number of benzene rings is 13. The van der Waals surface area contributed by atoms with E-state index in [0.717, 1.165) is 33.8 Å². The van der Waals surface area contributed by atoms with Crippen molar-refractivity contribution in [2.24, 2.45) is 0 Å². The highest BCUT2D eigenvalue weighted by molar-refractivity contribution is 6.25. The van der Waals surface area contributed by atoms with E-state index in [9.17, 15) is 0 Å². The fraction of sp³-hybridized carbons (Fsp3) is 0.218. The molecule has 0 amide bonds. The van der Waals surface area contributed by atoms with E-state index in [0.29, 0.717) is 0 Å². The molecule has 0 radical (unpaired) electrons. The molecule has 548 valence electrons. The first-order chi connectivity index (χ1) is 53.4. The lowest BCUT2D eigenvalue weighted by atomic mass is 9.80. The molecule has 0 saturated heterocycles. The highest BCUT2D eigenvalue weighted by Gasteiger charge is 2.41. The van der Waals surface area contributed by atoms with Crippen molar-refractivity contribution in [3.8, 4) is 83.6 Å². The van der Waals surface area contributed by atoms with Crippen LogP contribution in [0.15, 0.2) is 267 Å². The SMILES string of the molecule is Cc1ccc(N(c2ccc(C)cc2)c2c3cc(C(C)(C)C)ccc3c3c4cc5c(cc6c(cc=5c5cc(C)ccc5n3-c3ccc(C)cc3-c3ccc5c(c3)C(C)(C)c3cc(-c7ccc8c(c7)C(C)(C)c7ccccc7-8)ccc3-5)C(C)(C)c3cc(-c5ccc7c(c5)C(C)(C)c5ccccc5-7)ccc3-6)c(C(C)(C)C)cc24)cc1. The van der Waals surface area contributed by atoms with Gasteiger partial charge in [-0.25, -0.2) is 0 Å². The molecule has 2 nitrogen and oxygen atoms in total. The lowest BCUT2D eigenvalue weighted by molar-refractivity contribution is 0.591. The normalized spacial score (nSPS) is 15.0. The van der Waals surface area contributed by atoms with E-state index >= 15 is 0 Å². The number of rotatable bonds is 7. The Labute approximate surface area is 661 Å². The van der Waals surface area contributed by atoms with Crippen molar-refractivity contribution in [2.45, 2.75) is 157 Å². The minimum Gasteiger partial charge on any atom is -0.309 e. The van der Waals surface area contributed by atoms with E-state index in [2.05, 4.69) is 401 Å². The van der Waals surface area contributed by atoms with Crippen LogP contribution in [0.4, 0.5) is 17.1 Å². The predicted octanol–water partition coefficient (Wildman–Crippen LogP) is 29.9. The van der Waals surface area contributed by atoms with Gasteiger partial charge in [0, 0.05) is 65.5 Å². The van der Waals surface area contributed by atoms with E-state index in [-0.39, 0.29) is 27.1 Å². The number of nitrogens with zero attached hydrogens (tertiary/aromatic N) is 2.